The highest BCUT2D eigenvalue weighted by molar-refractivity contribution is 7.74. The minimum Gasteiger partial charge on any atom is -0.444 e. The smallest absolute Gasteiger partial charge is 0.444 e. The molecule has 1 amide bonds. The largest absolute Gasteiger partial charge is 0.446 e. The summed E-state index contributed by atoms with van der Waals surface area (Å²) in [5, 5.41) is 2.62. The quantitative estimate of drug-likeness (QED) is 0.270. The lowest BCUT2D eigenvalue weighted by atomic mass is 10.0. The van der Waals surface area contributed by atoms with E-state index in [4.69, 9.17) is 10.3 Å². The minimum absolute atomic E-state index is 0.227. The van der Waals surface area contributed by atoms with E-state index in [9.17, 15) is 14.2 Å². The van der Waals surface area contributed by atoms with E-state index in [-0.39, 0.29) is 6.42 Å². The van der Waals surface area contributed by atoms with Gasteiger partial charge in [-0.05, 0) is 27.2 Å². The van der Waals surface area contributed by atoms with Crippen LogP contribution in [-0.2, 0) is 23.1 Å². The van der Waals surface area contributed by atoms with Gasteiger partial charge in [0, 0.05) is 26.7 Å². The molecular weight excluding hydrogens is 349 g/mol. The number of rotatable bonds is 10. The Morgan fingerprint density at radius 3 is 2.20 bits per heavy atom. The third-order valence-corrected chi connectivity index (χ3v) is 4.96. The molecule has 0 rings (SSSR count). The van der Waals surface area contributed by atoms with E-state index in [0.717, 1.165) is 27.1 Å². The Morgan fingerprint density at radius 1 is 1.24 bits per heavy atom. The molecule has 0 unspecified atom stereocenters. The molecule has 144 valence electrons. The highest BCUT2D eigenvalue weighted by Crippen LogP contribution is 2.47. The van der Waals surface area contributed by atoms with Gasteiger partial charge in [-0.3, -0.25) is 4.79 Å². The Kier molecular flexibility index (Phi) is 9.82. The molecule has 0 spiro atoms. The number of nitrogens with one attached hydrogen (secondary N) is 1. The molecule has 25 heavy (non-hydrogen) atoms. The molecule has 0 aromatic carbocycles. The summed E-state index contributed by atoms with van der Waals surface area (Å²) in [6.07, 6.45) is 1.23. The predicted octanol–water partition coefficient (Wildman–Crippen LogP) is 3.14. The summed E-state index contributed by atoms with van der Waals surface area (Å²) >= 11 is 0. The first-order valence-corrected chi connectivity index (χ1v) is 9.54. The molecule has 9 nitrogen and oxygen atoms in total. The number of carbonyl (C=O) groups excluding carboxylic acids is 2. The summed E-state index contributed by atoms with van der Waals surface area (Å²) in [5.41, 5.74) is 7.66. The summed E-state index contributed by atoms with van der Waals surface area (Å²) in [6.45, 7) is 7.14. The van der Waals surface area contributed by atoms with Gasteiger partial charge in [-0.1, -0.05) is 19.8 Å². The zero-order valence-electron chi connectivity index (χ0n) is 15.7. The maximum Gasteiger partial charge on any atom is 0.446 e. The molecule has 0 fully saturated rings. The minimum atomic E-state index is -3.99. The summed E-state index contributed by atoms with van der Waals surface area (Å²) in [6, 6.07) is -0.568. The topological polar surface area (TPSA) is 127 Å². The zero-order chi connectivity index (χ0) is 19.7. The number of hydrogen-bond acceptors (Lipinski definition) is 6. The molecule has 0 bridgehead atoms. The van der Waals surface area contributed by atoms with Crippen molar-refractivity contribution in [1.82, 2.24) is 5.32 Å². The van der Waals surface area contributed by atoms with Crippen LogP contribution in [0.3, 0.4) is 0 Å². The number of amides is 1. The molecule has 0 aliphatic heterocycles. The molecule has 0 aromatic rings. The first-order valence-electron chi connectivity index (χ1n) is 7.99. The van der Waals surface area contributed by atoms with Crippen molar-refractivity contribution in [1.29, 1.82) is 0 Å². The number of hydrogen-bond donors (Lipinski definition) is 1. The van der Waals surface area contributed by atoms with E-state index in [1.165, 1.54) is 0 Å². The van der Waals surface area contributed by atoms with E-state index >= 15 is 0 Å². The number of unbranched alkanes of at least 4 members (excludes halogenated alkanes) is 1. The normalized spacial score (nSPS) is 12.9. The number of Topliss-reactive ketones (excluding diaryl/α,β-unsaturated/α-hetero) is 1. The van der Waals surface area contributed by atoms with Crippen molar-refractivity contribution in [2.45, 2.75) is 65.0 Å². The van der Waals surface area contributed by atoms with Gasteiger partial charge < -0.3 is 24.6 Å². The van der Waals surface area contributed by atoms with Crippen molar-refractivity contribution in [2.75, 3.05) is 14.2 Å². The van der Waals surface area contributed by atoms with Gasteiger partial charge in [0.15, 0.2) is 0 Å². The van der Waals surface area contributed by atoms with Crippen LogP contribution in [0.25, 0.3) is 5.53 Å². The Hall–Kier alpha value is -1.53. The van der Waals surface area contributed by atoms with Crippen LogP contribution in [0.2, 0.25) is 0 Å². The van der Waals surface area contributed by atoms with Gasteiger partial charge in [-0.15, -0.1) is 0 Å². The van der Waals surface area contributed by atoms with Crippen LogP contribution in [0.1, 0.15) is 53.4 Å². The predicted molar refractivity (Wildman–Crippen MR) is 92.6 cm³/mol. The van der Waals surface area contributed by atoms with Gasteiger partial charge in [-0.25, -0.2) is 9.36 Å². The van der Waals surface area contributed by atoms with Crippen LogP contribution in [0.5, 0.6) is 0 Å². The summed E-state index contributed by atoms with van der Waals surface area (Å²) < 4.78 is 26.8. The molecule has 0 aliphatic carbocycles. The SMILES string of the molecule is CCCC[C@H](CC(=O)C(=[N+]=[N-])P(=O)(OC)OC)NC(=O)OC(C)(C)C. The van der Waals surface area contributed by atoms with Crippen molar-refractivity contribution in [2.24, 2.45) is 0 Å². The fraction of sp³-hybridized carbons (Fsp3) is 0.800. The van der Waals surface area contributed by atoms with Gasteiger partial charge in [0.05, 0.1) is 0 Å². The Labute approximate surface area is 148 Å². The van der Waals surface area contributed by atoms with Crippen LogP contribution in [-0.4, -0.2) is 48.0 Å². The van der Waals surface area contributed by atoms with E-state index in [1.54, 1.807) is 20.8 Å². The van der Waals surface area contributed by atoms with Gasteiger partial charge in [0.2, 0.25) is 0 Å². The second-order valence-corrected chi connectivity index (χ2v) is 8.55. The summed E-state index contributed by atoms with van der Waals surface area (Å²) in [4.78, 5) is 27.1. The maximum atomic E-state index is 12.4. The van der Waals surface area contributed by atoms with Crippen molar-refractivity contribution in [3.63, 3.8) is 0 Å². The standard InChI is InChI=1S/C15H28N3O6P/c1-7-8-9-11(17-14(20)24-15(2,3)4)10-12(19)13(18-16)25(21,22-5)23-6/h11H,7-10H2,1-6H3,(H,17,20)/t11-/m1/s1. The maximum absolute atomic E-state index is 12.4. The van der Waals surface area contributed by atoms with Gasteiger partial charge in [0.1, 0.15) is 5.60 Å². The van der Waals surface area contributed by atoms with Gasteiger partial charge >= 0.3 is 19.1 Å². The van der Waals surface area contributed by atoms with E-state index in [0.29, 0.717) is 6.42 Å². The first kappa shape index (κ1) is 23.5. The lowest BCUT2D eigenvalue weighted by Gasteiger charge is -2.23. The highest BCUT2D eigenvalue weighted by Gasteiger charge is 2.44. The molecule has 0 heterocycles. The number of carbonyl (C=O) groups is 2. The average Bonchev–Trinajstić information content (AvgIpc) is 2.50. The molecule has 0 aliphatic rings. The average molecular weight is 377 g/mol. The van der Waals surface area contributed by atoms with Crippen molar-refractivity contribution < 1.29 is 32.7 Å². The first-order chi connectivity index (χ1) is 11.5. The number of ketones is 1. The van der Waals surface area contributed by atoms with Gasteiger partial charge in [0.25, 0.3) is 5.78 Å². The van der Waals surface area contributed by atoms with Crippen LogP contribution >= 0.6 is 7.60 Å². The van der Waals surface area contributed by atoms with Crippen LogP contribution in [0, 0.1) is 0 Å². The van der Waals surface area contributed by atoms with Gasteiger partial charge in [-0.2, -0.15) is 4.79 Å². The van der Waals surface area contributed by atoms with Crippen LogP contribution in [0.15, 0.2) is 0 Å². The van der Waals surface area contributed by atoms with E-state index < -0.39 is 36.6 Å². The second-order valence-electron chi connectivity index (χ2n) is 6.40. The number of alkyl carbamates (subject to hydrolysis) is 1. The molecular formula is C15H28N3O6P. The van der Waals surface area contributed by atoms with Crippen LogP contribution < -0.4 is 5.32 Å². The lowest BCUT2D eigenvalue weighted by Crippen LogP contribution is -2.41. The number of nitrogens with zero attached hydrogens (tertiary/aromatic N) is 2. The third kappa shape index (κ3) is 8.40. The molecule has 1 N–H and O–H groups in total. The fourth-order valence-electron chi connectivity index (χ4n) is 1.98. The fourth-order valence-corrected chi connectivity index (χ4v) is 2.98. The third-order valence-electron chi connectivity index (χ3n) is 3.14. The lowest BCUT2D eigenvalue weighted by molar-refractivity contribution is -0.117. The van der Waals surface area contributed by atoms with Crippen molar-refractivity contribution in [3.05, 3.63) is 5.53 Å². The Morgan fingerprint density at radius 2 is 1.80 bits per heavy atom. The molecule has 0 aromatic heterocycles. The molecule has 0 saturated heterocycles. The summed E-state index contributed by atoms with van der Waals surface area (Å²) in [5.74, 6) is -0.744. The van der Waals surface area contributed by atoms with E-state index in [2.05, 4.69) is 19.2 Å². The zero-order valence-corrected chi connectivity index (χ0v) is 16.6. The molecule has 0 radical (unpaired) electrons. The van der Waals surface area contributed by atoms with E-state index in [1.807, 2.05) is 6.92 Å². The van der Waals surface area contributed by atoms with Crippen LogP contribution in [0.4, 0.5) is 4.79 Å². The van der Waals surface area contributed by atoms with Crippen molar-refractivity contribution >= 4 is 24.9 Å². The molecule has 1 atom stereocenters. The Balaban J connectivity index is 5.18. The highest BCUT2D eigenvalue weighted by atomic mass is 31.2. The molecule has 0 saturated carbocycles. The summed E-state index contributed by atoms with van der Waals surface area (Å²) in [7, 11) is -1.83. The van der Waals surface area contributed by atoms with Crippen molar-refractivity contribution in [3.8, 4) is 0 Å². The monoisotopic (exact) mass is 377 g/mol. The molecule has 10 heteroatoms. The second kappa shape index (κ2) is 10.5. The Bertz CT molecular complexity index is 558. The number of ether oxygens (including phenoxy) is 1.